The Labute approximate surface area is 110 Å². The van der Waals surface area contributed by atoms with Gasteiger partial charge in [0.05, 0.1) is 16.2 Å². The van der Waals surface area contributed by atoms with E-state index in [0.29, 0.717) is 17.4 Å². The Kier molecular flexibility index (Phi) is 3.45. The number of halogens is 1. The first-order valence-corrected chi connectivity index (χ1v) is 6.13. The molecule has 0 spiro atoms. The normalized spacial score (nSPS) is 24.1. The number of piperidine rings is 1. The molecule has 1 atom stereocenters. The monoisotopic (exact) mass is 270 g/mol. The number of carboxylic acids is 1. The van der Waals surface area contributed by atoms with Gasteiger partial charge in [0, 0.05) is 19.3 Å². The topological polar surface area (TPSA) is 73.7 Å². The molecule has 0 radical (unpaired) electrons. The molecule has 0 aliphatic carbocycles. The van der Waals surface area contributed by atoms with Crippen LogP contribution in [0.15, 0.2) is 12.3 Å². The van der Waals surface area contributed by atoms with E-state index in [1.807, 2.05) is 4.90 Å². The van der Waals surface area contributed by atoms with Gasteiger partial charge in [0.1, 0.15) is 5.82 Å². The summed E-state index contributed by atoms with van der Waals surface area (Å²) in [5.74, 6) is -0.525. The molecule has 2 N–H and O–H groups in total. The minimum atomic E-state index is -1.05. The third-order valence-corrected chi connectivity index (χ3v) is 3.32. The molecule has 5 nitrogen and oxygen atoms in total. The number of anilines is 1. The van der Waals surface area contributed by atoms with Crippen LogP contribution in [0.1, 0.15) is 30.1 Å². The van der Waals surface area contributed by atoms with Gasteiger partial charge in [0.15, 0.2) is 0 Å². The number of nitrogens with zero attached hydrogens (tertiary/aromatic N) is 2. The summed E-state index contributed by atoms with van der Waals surface area (Å²) in [6, 6.07) is 1.38. The molecule has 1 aliphatic rings. The predicted octanol–water partition coefficient (Wildman–Crippen LogP) is 1.78. The quantitative estimate of drug-likeness (QED) is 0.857. The highest BCUT2D eigenvalue weighted by molar-refractivity contribution is 6.33. The molecule has 98 valence electrons. The zero-order valence-corrected chi connectivity index (χ0v) is 10.8. The zero-order chi connectivity index (χ0) is 13.3. The molecule has 6 heteroatoms. The molecule has 1 aromatic rings. The van der Waals surface area contributed by atoms with Crippen molar-refractivity contribution in [3.8, 4) is 0 Å². The standard InChI is InChI=1S/C12H15ClN2O3/c1-12(18)3-2-4-15(7-12)10-9(13)5-8(6-14-10)11(16)17/h5-6,18H,2-4,7H2,1H3,(H,16,17). The van der Waals surface area contributed by atoms with E-state index in [1.54, 1.807) is 6.92 Å². The van der Waals surface area contributed by atoms with E-state index in [9.17, 15) is 9.90 Å². The molecular weight excluding hydrogens is 256 g/mol. The van der Waals surface area contributed by atoms with Crippen LogP contribution in [0.5, 0.6) is 0 Å². The van der Waals surface area contributed by atoms with Gasteiger partial charge in [0.25, 0.3) is 0 Å². The maximum absolute atomic E-state index is 10.8. The molecule has 0 saturated carbocycles. The van der Waals surface area contributed by atoms with Gasteiger partial charge >= 0.3 is 5.97 Å². The summed E-state index contributed by atoms with van der Waals surface area (Å²) in [6.07, 6.45) is 2.88. The van der Waals surface area contributed by atoms with Crippen molar-refractivity contribution in [1.82, 2.24) is 4.98 Å². The largest absolute Gasteiger partial charge is 0.478 e. The number of pyridine rings is 1. The zero-order valence-electron chi connectivity index (χ0n) is 10.1. The highest BCUT2D eigenvalue weighted by atomic mass is 35.5. The Balaban J connectivity index is 2.26. The van der Waals surface area contributed by atoms with Crippen LogP contribution in [0.2, 0.25) is 5.02 Å². The SMILES string of the molecule is CC1(O)CCCN(c2ncc(C(=O)O)cc2Cl)C1. The Morgan fingerprint density at radius 2 is 2.33 bits per heavy atom. The summed E-state index contributed by atoms with van der Waals surface area (Å²) in [5.41, 5.74) is -0.693. The summed E-state index contributed by atoms with van der Waals surface area (Å²) < 4.78 is 0. The van der Waals surface area contributed by atoms with Crippen molar-refractivity contribution in [2.45, 2.75) is 25.4 Å². The predicted molar refractivity (Wildman–Crippen MR) is 68.3 cm³/mol. The van der Waals surface area contributed by atoms with E-state index >= 15 is 0 Å². The van der Waals surface area contributed by atoms with Gasteiger partial charge in [-0.05, 0) is 25.8 Å². The number of rotatable bonds is 2. The van der Waals surface area contributed by atoms with Gasteiger partial charge < -0.3 is 15.1 Å². The Hall–Kier alpha value is -1.33. The van der Waals surface area contributed by atoms with Crippen molar-refractivity contribution in [2.24, 2.45) is 0 Å². The van der Waals surface area contributed by atoms with Crippen LogP contribution in [-0.4, -0.2) is 39.9 Å². The summed E-state index contributed by atoms with van der Waals surface area (Å²) in [7, 11) is 0. The van der Waals surface area contributed by atoms with Gasteiger partial charge in [-0.1, -0.05) is 11.6 Å². The van der Waals surface area contributed by atoms with Gasteiger partial charge in [0.2, 0.25) is 0 Å². The second kappa shape index (κ2) is 4.74. The first-order chi connectivity index (χ1) is 8.39. The van der Waals surface area contributed by atoms with Crippen molar-refractivity contribution in [3.05, 3.63) is 22.8 Å². The fourth-order valence-electron chi connectivity index (χ4n) is 2.18. The Bertz CT molecular complexity index is 476. The molecule has 1 saturated heterocycles. The number of carbonyl (C=O) groups is 1. The van der Waals surface area contributed by atoms with Crippen LogP contribution in [0, 0.1) is 0 Å². The minimum Gasteiger partial charge on any atom is -0.478 e. The lowest BCUT2D eigenvalue weighted by molar-refractivity contribution is 0.0446. The lowest BCUT2D eigenvalue weighted by Crippen LogP contribution is -2.46. The van der Waals surface area contributed by atoms with Crippen LogP contribution >= 0.6 is 11.6 Å². The molecule has 1 fully saturated rings. The van der Waals surface area contributed by atoms with E-state index in [-0.39, 0.29) is 5.56 Å². The first-order valence-electron chi connectivity index (χ1n) is 5.75. The maximum Gasteiger partial charge on any atom is 0.337 e. The van der Waals surface area contributed by atoms with Gasteiger partial charge in [-0.2, -0.15) is 0 Å². The fourth-order valence-corrected chi connectivity index (χ4v) is 2.47. The van der Waals surface area contributed by atoms with Crippen LogP contribution in [-0.2, 0) is 0 Å². The second-order valence-electron chi connectivity index (χ2n) is 4.86. The molecular formula is C12H15ClN2O3. The van der Waals surface area contributed by atoms with Crippen molar-refractivity contribution in [2.75, 3.05) is 18.0 Å². The highest BCUT2D eigenvalue weighted by Crippen LogP contribution is 2.29. The third kappa shape index (κ3) is 2.73. The lowest BCUT2D eigenvalue weighted by atomic mass is 9.95. The first kappa shape index (κ1) is 13.1. The number of aliphatic hydroxyl groups is 1. The van der Waals surface area contributed by atoms with Crippen molar-refractivity contribution in [1.29, 1.82) is 0 Å². The van der Waals surface area contributed by atoms with Gasteiger partial charge in [-0.15, -0.1) is 0 Å². The van der Waals surface area contributed by atoms with E-state index in [0.717, 1.165) is 19.4 Å². The van der Waals surface area contributed by atoms with Gasteiger partial charge in [-0.25, -0.2) is 9.78 Å². The van der Waals surface area contributed by atoms with E-state index in [2.05, 4.69) is 4.98 Å². The highest BCUT2D eigenvalue weighted by Gasteiger charge is 2.30. The lowest BCUT2D eigenvalue weighted by Gasteiger charge is -2.37. The van der Waals surface area contributed by atoms with Crippen molar-refractivity contribution >= 4 is 23.4 Å². The summed E-state index contributed by atoms with van der Waals surface area (Å²) in [4.78, 5) is 16.8. The van der Waals surface area contributed by atoms with E-state index < -0.39 is 11.6 Å². The molecule has 2 heterocycles. The molecule has 1 aliphatic heterocycles. The summed E-state index contributed by atoms with van der Waals surface area (Å²) in [5, 5.41) is 19.2. The number of aromatic carboxylic acids is 1. The Morgan fingerprint density at radius 1 is 1.61 bits per heavy atom. The molecule has 0 amide bonds. The summed E-state index contributed by atoms with van der Waals surface area (Å²) >= 11 is 6.05. The van der Waals surface area contributed by atoms with E-state index in [1.165, 1.54) is 12.3 Å². The molecule has 18 heavy (non-hydrogen) atoms. The smallest absolute Gasteiger partial charge is 0.337 e. The van der Waals surface area contributed by atoms with Crippen LogP contribution < -0.4 is 4.90 Å². The average Bonchev–Trinajstić information content (AvgIpc) is 2.27. The second-order valence-corrected chi connectivity index (χ2v) is 5.26. The molecule has 0 aromatic carbocycles. The minimum absolute atomic E-state index is 0.0625. The molecule has 1 unspecified atom stereocenters. The number of aromatic nitrogens is 1. The molecule has 0 bridgehead atoms. The molecule has 1 aromatic heterocycles. The van der Waals surface area contributed by atoms with Crippen LogP contribution in [0.4, 0.5) is 5.82 Å². The third-order valence-electron chi connectivity index (χ3n) is 3.04. The summed E-state index contributed by atoms with van der Waals surface area (Å²) in [6.45, 7) is 2.99. The van der Waals surface area contributed by atoms with Crippen molar-refractivity contribution in [3.63, 3.8) is 0 Å². The number of β-amino-alcohol motifs (C(OH)–C–C–N with tert-alkyl or cyclic N) is 1. The van der Waals surface area contributed by atoms with Crippen molar-refractivity contribution < 1.29 is 15.0 Å². The van der Waals surface area contributed by atoms with E-state index in [4.69, 9.17) is 16.7 Å². The average molecular weight is 271 g/mol. The fraction of sp³-hybridized carbons (Fsp3) is 0.500. The van der Waals surface area contributed by atoms with Crippen LogP contribution in [0.25, 0.3) is 0 Å². The number of carboxylic acid groups (broad SMARTS) is 1. The number of hydrogen-bond donors (Lipinski definition) is 2. The van der Waals surface area contributed by atoms with Crippen LogP contribution in [0.3, 0.4) is 0 Å². The maximum atomic E-state index is 10.8. The van der Waals surface area contributed by atoms with Gasteiger partial charge in [-0.3, -0.25) is 0 Å². The Morgan fingerprint density at radius 3 is 2.89 bits per heavy atom. The molecule has 2 rings (SSSR count). The number of hydrogen-bond acceptors (Lipinski definition) is 4.